The third-order valence-corrected chi connectivity index (χ3v) is 3.82. The molecule has 0 N–H and O–H groups in total. The Hall–Kier alpha value is -2.36. The van der Waals surface area contributed by atoms with Crippen molar-refractivity contribution in [3.05, 3.63) is 24.0 Å². The van der Waals surface area contributed by atoms with Gasteiger partial charge in [-0.05, 0) is 18.2 Å². The first kappa shape index (κ1) is 14.6. The number of rotatable bonds is 3. The zero-order valence-electron chi connectivity index (χ0n) is 11.4. The molecule has 0 fully saturated rings. The molecule has 2 heterocycles. The maximum Gasteiger partial charge on any atom is 0.453 e. The zero-order valence-corrected chi connectivity index (χ0v) is 12.2. The van der Waals surface area contributed by atoms with Gasteiger partial charge in [-0.2, -0.15) is 22.8 Å². The van der Waals surface area contributed by atoms with Crippen molar-refractivity contribution >= 4 is 16.3 Å². The summed E-state index contributed by atoms with van der Waals surface area (Å²) >= 11 is 1.00. The number of methoxy groups -OCH3 is 2. The van der Waals surface area contributed by atoms with Gasteiger partial charge in [-0.3, -0.25) is 0 Å². The topological polar surface area (TPSA) is 61.5 Å². The van der Waals surface area contributed by atoms with Crippen LogP contribution in [0.1, 0.15) is 5.82 Å². The minimum Gasteiger partial charge on any atom is -0.493 e. The van der Waals surface area contributed by atoms with Gasteiger partial charge < -0.3 is 9.47 Å². The Bertz CT molecular complexity index is 827. The summed E-state index contributed by atoms with van der Waals surface area (Å²) in [6.07, 6.45) is -4.61. The Kier molecular flexibility index (Phi) is 3.39. The first-order valence-electron chi connectivity index (χ1n) is 5.96. The van der Waals surface area contributed by atoms with E-state index >= 15 is 0 Å². The SMILES string of the molecule is COc1ccc(-c2nn3c(C(F)(F)F)nnc3s2)cc1OC. The van der Waals surface area contributed by atoms with Gasteiger partial charge in [0, 0.05) is 5.56 Å². The lowest BCUT2D eigenvalue weighted by Gasteiger charge is -2.07. The van der Waals surface area contributed by atoms with E-state index in [4.69, 9.17) is 9.47 Å². The van der Waals surface area contributed by atoms with Crippen LogP contribution in [0.3, 0.4) is 0 Å². The minimum atomic E-state index is -4.61. The van der Waals surface area contributed by atoms with Crippen molar-refractivity contribution in [1.82, 2.24) is 19.8 Å². The van der Waals surface area contributed by atoms with Gasteiger partial charge in [-0.1, -0.05) is 11.3 Å². The standard InChI is InChI=1S/C12H9F3N4O2S/c1-20-7-4-3-6(5-8(7)21-2)9-18-19-10(12(13,14)15)16-17-11(19)22-9/h3-5H,1-2H3. The van der Waals surface area contributed by atoms with Crippen molar-refractivity contribution < 1.29 is 22.6 Å². The summed E-state index contributed by atoms with van der Waals surface area (Å²) in [7, 11) is 2.97. The van der Waals surface area contributed by atoms with Gasteiger partial charge in [0.1, 0.15) is 5.01 Å². The molecule has 3 rings (SSSR count). The van der Waals surface area contributed by atoms with Gasteiger partial charge in [0.25, 0.3) is 5.82 Å². The van der Waals surface area contributed by atoms with E-state index in [9.17, 15) is 13.2 Å². The quantitative estimate of drug-likeness (QED) is 0.739. The highest BCUT2D eigenvalue weighted by Crippen LogP contribution is 2.35. The Balaban J connectivity index is 2.09. The van der Waals surface area contributed by atoms with Crippen molar-refractivity contribution in [3.63, 3.8) is 0 Å². The van der Waals surface area contributed by atoms with Crippen LogP contribution in [0.25, 0.3) is 15.5 Å². The van der Waals surface area contributed by atoms with Gasteiger partial charge in [0.15, 0.2) is 11.5 Å². The maximum atomic E-state index is 12.8. The highest BCUT2D eigenvalue weighted by Gasteiger charge is 2.38. The Morgan fingerprint density at radius 1 is 1.09 bits per heavy atom. The van der Waals surface area contributed by atoms with Crippen LogP contribution in [0.4, 0.5) is 13.2 Å². The second-order valence-electron chi connectivity index (χ2n) is 4.19. The summed E-state index contributed by atoms with van der Waals surface area (Å²) < 4.78 is 49.3. The first-order chi connectivity index (χ1) is 10.4. The van der Waals surface area contributed by atoms with Gasteiger partial charge in [-0.25, -0.2) is 0 Å². The van der Waals surface area contributed by atoms with Crippen LogP contribution in [0.15, 0.2) is 18.2 Å². The predicted octanol–water partition coefficient (Wildman–Crippen LogP) is 2.89. The number of benzene rings is 1. The minimum absolute atomic E-state index is 0.0668. The molecule has 2 aromatic heterocycles. The lowest BCUT2D eigenvalue weighted by molar-refractivity contribution is -0.146. The third-order valence-electron chi connectivity index (χ3n) is 2.87. The Morgan fingerprint density at radius 2 is 1.82 bits per heavy atom. The van der Waals surface area contributed by atoms with E-state index in [0.717, 1.165) is 11.3 Å². The van der Waals surface area contributed by atoms with E-state index < -0.39 is 12.0 Å². The van der Waals surface area contributed by atoms with Crippen molar-refractivity contribution in [1.29, 1.82) is 0 Å². The van der Waals surface area contributed by atoms with Crippen molar-refractivity contribution in [2.75, 3.05) is 14.2 Å². The van der Waals surface area contributed by atoms with Crippen molar-refractivity contribution in [2.45, 2.75) is 6.18 Å². The summed E-state index contributed by atoms with van der Waals surface area (Å²) in [6.45, 7) is 0. The molecular formula is C12H9F3N4O2S. The number of halogens is 3. The van der Waals surface area contributed by atoms with Crippen LogP contribution in [-0.2, 0) is 6.18 Å². The van der Waals surface area contributed by atoms with Crippen molar-refractivity contribution in [3.8, 4) is 22.1 Å². The Morgan fingerprint density at radius 3 is 2.45 bits per heavy atom. The molecule has 0 saturated heterocycles. The molecule has 6 nitrogen and oxygen atoms in total. The number of hydrogen-bond donors (Lipinski definition) is 0. The van der Waals surface area contributed by atoms with E-state index in [1.54, 1.807) is 18.2 Å². The second kappa shape index (κ2) is 5.13. The first-order valence-corrected chi connectivity index (χ1v) is 6.77. The van der Waals surface area contributed by atoms with E-state index in [2.05, 4.69) is 15.3 Å². The van der Waals surface area contributed by atoms with Gasteiger partial charge in [0.05, 0.1) is 14.2 Å². The van der Waals surface area contributed by atoms with Crippen LogP contribution in [0, 0.1) is 0 Å². The van der Waals surface area contributed by atoms with Crippen LogP contribution in [0.2, 0.25) is 0 Å². The fourth-order valence-corrected chi connectivity index (χ4v) is 2.72. The average molecular weight is 330 g/mol. The molecule has 0 aliphatic carbocycles. The monoisotopic (exact) mass is 330 g/mol. The molecular weight excluding hydrogens is 321 g/mol. The number of nitrogens with zero attached hydrogens (tertiary/aromatic N) is 4. The third kappa shape index (κ3) is 2.34. The van der Waals surface area contributed by atoms with Crippen LogP contribution in [-0.4, -0.2) is 34.0 Å². The molecule has 0 aliphatic rings. The molecule has 0 atom stereocenters. The van der Waals surface area contributed by atoms with Crippen LogP contribution in [0.5, 0.6) is 11.5 Å². The number of hydrogen-bond acceptors (Lipinski definition) is 6. The second-order valence-corrected chi connectivity index (χ2v) is 5.15. The van der Waals surface area contributed by atoms with Crippen LogP contribution >= 0.6 is 11.3 Å². The fraction of sp³-hybridized carbons (Fsp3) is 0.250. The number of ether oxygens (including phenoxy) is 2. The van der Waals surface area contributed by atoms with E-state index in [0.29, 0.717) is 26.6 Å². The summed E-state index contributed by atoms with van der Waals surface area (Å²) in [5, 5.41) is 10.9. The maximum absolute atomic E-state index is 12.8. The van der Waals surface area contributed by atoms with E-state index in [1.165, 1.54) is 14.2 Å². The molecule has 0 saturated carbocycles. The van der Waals surface area contributed by atoms with Gasteiger partial charge >= 0.3 is 6.18 Å². The predicted molar refractivity (Wildman–Crippen MR) is 72.2 cm³/mol. The van der Waals surface area contributed by atoms with Crippen LogP contribution < -0.4 is 9.47 Å². The summed E-state index contributed by atoms with van der Waals surface area (Å²) in [5.41, 5.74) is 0.598. The molecule has 0 spiro atoms. The van der Waals surface area contributed by atoms with Crippen molar-refractivity contribution in [2.24, 2.45) is 0 Å². The largest absolute Gasteiger partial charge is 0.493 e. The fourth-order valence-electron chi connectivity index (χ4n) is 1.88. The molecule has 1 aromatic carbocycles. The summed E-state index contributed by atoms with van der Waals surface area (Å²) in [4.78, 5) is 0.0668. The van der Waals surface area contributed by atoms with Gasteiger partial charge in [0.2, 0.25) is 4.96 Å². The number of alkyl halides is 3. The molecule has 0 bridgehead atoms. The molecule has 22 heavy (non-hydrogen) atoms. The molecule has 0 unspecified atom stereocenters. The van der Waals surface area contributed by atoms with Gasteiger partial charge in [-0.15, -0.1) is 10.2 Å². The number of aromatic nitrogens is 4. The van der Waals surface area contributed by atoms with E-state index in [1.807, 2.05) is 0 Å². The summed E-state index contributed by atoms with van der Waals surface area (Å²) in [5.74, 6) is -0.169. The summed E-state index contributed by atoms with van der Waals surface area (Å²) in [6, 6.07) is 4.97. The lowest BCUT2D eigenvalue weighted by Crippen LogP contribution is -2.11. The molecule has 0 amide bonds. The Labute approximate surface area is 126 Å². The highest BCUT2D eigenvalue weighted by atomic mass is 32.1. The zero-order chi connectivity index (χ0) is 15.9. The lowest BCUT2D eigenvalue weighted by atomic mass is 10.2. The van der Waals surface area contributed by atoms with E-state index in [-0.39, 0.29) is 4.96 Å². The molecule has 116 valence electrons. The molecule has 0 aliphatic heterocycles. The smallest absolute Gasteiger partial charge is 0.453 e. The highest BCUT2D eigenvalue weighted by molar-refractivity contribution is 7.19. The molecule has 0 radical (unpaired) electrons. The molecule has 10 heteroatoms. The average Bonchev–Trinajstić information content (AvgIpc) is 3.05. The normalized spacial score (nSPS) is 11.9. The molecule has 3 aromatic rings. The number of fused-ring (bicyclic) bond motifs is 1.